The Balaban J connectivity index is 1.55. The molecule has 2 aliphatic rings. The number of likely N-dealkylation sites (tertiary alicyclic amines) is 1. The van der Waals surface area contributed by atoms with Gasteiger partial charge in [0.25, 0.3) is 5.56 Å². The highest BCUT2D eigenvalue weighted by molar-refractivity contribution is 6.62. The summed E-state index contributed by atoms with van der Waals surface area (Å²) in [5.41, 5.74) is -1.37. The molecule has 2 saturated heterocycles. The van der Waals surface area contributed by atoms with Gasteiger partial charge in [0, 0.05) is 19.1 Å². The van der Waals surface area contributed by atoms with E-state index in [1.165, 1.54) is 17.0 Å². The van der Waals surface area contributed by atoms with Crippen molar-refractivity contribution >= 4 is 29.6 Å². The molecule has 0 radical (unpaired) electrons. The Hall–Kier alpha value is -2.46. The van der Waals surface area contributed by atoms with E-state index in [2.05, 4.69) is 4.98 Å². The number of nitrogens with zero attached hydrogens (tertiary/aromatic N) is 3. The molecule has 0 spiro atoms. The molecule has 0 N–H and O–H groups in total. The zero-order valence-corrected chi connectivity index (χ0v) is 21.0. The molecule has 0 atom stereocenters. The van der Waals surface area contributed by atoms with Gasteiger partial charge in [-0.15, -0.1) is 0 Å². The molecule has 1 amide bonds. The summed E-state index contributed by atoms with van der Waals surface area (Å²) in [7, 11) is -0.745. The molecule has 3 heterocycles. The van der Waals surface area contributed by atoms with E-state index in [-0.39, 0.29) is 23.0 Å². The van der Waals surface area contributed by atoms with E-state index >= 15 is 4.39 Å². The second kappa shape index (κ2) is 8.34. The molecule has 184 valence electrons. The average Bonchev–Trinajstić information content (AvgIpc) is 2.94. The second-order valence-electron chi connectivity index (χ2n) is 11.1. The van der Waals surface area contributed by atoms with Crippen LogP contribution in [0.4, 0.5) is 9.18 Å². The molecule has 8 nitrogen and oxygen atoms in total. The number of rotatable bonds is 2. The SMILES string of the molecule is CC(C)(C)OC(=O)N1CCC(n2cnc3cc(B4OC(C)(C)C(C)(C)O4)cc(F)c3c2=O)CC1. The maximum Gasteiger partial charge on any atom is 0.495 e. The molecule has 2 fully saturated rings. The highest BCUT2D eigenvalue weighted by atomic mass is 19.1. The molecule has 1 aromatic carbocycles. The molecule has 2 aromatic rings. The van der Waals surface area contributed by atoms with Crippen LogP contribution in [0.2, 0.25) is 0 Å². The fraction of sp³-hybridized carbons (Fsp3) is 0.625. The summed E-state index contributed by atoms with van der Waals surface area (Å²) >= 11 is 0. The molecular weight excluding hydrogens is 440 g/mol. The normalized spacial score (nSPS) is 20.7. The van der Waals surface area contributed by atoms with Crippen molar-refractivity contribution in [3.8, 4) is 0 Å². The van der Waals surface area contributed by atoms with Crippen LogP contribution in [0.1, 0.15) is 67.3 Å². The van der Waals surface area contributed by atoms with Crippen LogP contribution in [-0.4, -0.2) is 57.6 Å². The summed E-state index contributed by atoms with van der Waals surface area (Å²) in [5.74, 6) is -0.653. The van der Waals surface area contributed by atoms with Gasteiger partial charge in [-0.05, 0) is 78.9 Å². The highest BCUT2D eigenvalue weighted by Crippen LogP contribution is 2.36. The van der Waals surface area contributed by atoms with Crippen molar-refractivity contribution < 1.29 is 23.2 Å². The molecular formula is C24H33BFN3O5. The van der Waals surface area contributed by atoms with Gasteiger partial charge >= 0.3 is 13.2 Å². The van der Waals surface area contributed by atoms with Crippen molar-refractivity contribution in [3.63, 3.8) is 0 Å². The number of halogens is 1. The smallest absolute Gasteiger partial charge is 0.444 e. The van der Waals surface area contributed by atoms with Crippen molar-refractivity contribution in [1.29, 1.82) is 0 Å². The number of fused-ring (bicyclic) bond motifs is 1. The maximum atomic E-state index is 15.2. The van der Waals surface area contributed by atoms with Crippen LogP contribution in [0.3, 0.4) is 0 Å². The van der Waals surface area contributed by atoms with E-state index in [1.807, 2.05) is 48.5 Å². The van der Waals surface area contributed by atoms with Gasteiger partial charge in [-0.1, -0.05) is 0 Å². The first-order chi connectivity index (χ1) is 15.7. The Morgan fingerprint density at radius 1 is 1.15 bits per heavy atom. The largest absolute Gasteiger partial charge is 0.495 e. The monoisotopic (exact) mass is 473 g/mol. The minimum atomic E-state index is -0.745. The van der Waals surface area contributed by atoms with Crippen LogP contribution in [-0.2, 0) is 14.0 Å². The summed E-state index contributed by atoms with van der Waals surface area (Å²) in [6, 6.07) is 2.77. The molecule has 2 aliphatic heterocycles. The average molecular weight is 473 g/mol. The first-order valence-corrected chi connectivity index (χ1v) is 11.7. The number of benzene rings is 1. The Morgan fingerprint density at radius 2 is 1.74 bits per heavy atom. The first-order valence-electron chi connectivity index (χ1n) is 11.7. The lowest BCUT2D eigenvalue weighted by molar-refractivity contribution is 0.00578. The van der Waals surface area contributed by atoms with Crippen LogP contribution in [0.5, 0.6) is 0 Å². The lowest BCUT2D eigenvalue weighted by Gasteiger charge is -2.34. The van der Waals surface area contributed by atoms with Gasteiger partial charge in [-0.25, -0.2) is 14.2 Å². The summed E-state index contributed by atoms with van der Waals surface area (Å²) in [4.78, 5) is 31.6. The van der Waals surface area contributed by atoms with Gasteiger partial charge in [0.2, 0.25) is 0 Å². The van der Waals surface area contributed by atoms with Crippen LogP contribution in [0.25, 0.3) is 10.9 Å². The van der Waals surface area contributed by atoms with Crippen LogP contribution in [0, 0.1) is 5.82 Å². The van der Waals surface area contributed by atoms with Crippen molar-refractivity contribution in [2.45, 2.75) is 84.2 Å². The summed E-state index contributed by atoms with van der Waals surface area (Å²) in [5, 5.41) is -0.0580. The van der Waals surface area contributed by atoms with Gasteiger partial charge in [0.05, 0.1) is 23.0 Å². The van der Waals surface area contributed by atoms with Crippen molar-refractivity contribution in [2.75, 3.05) is 13.1 Å². The number of ether oxygens (including phenoxy) is 1. The van der Waals surface area contributed by atoms with Gasteiger partial charge in [-0.2, -0.15) is 0 Å². The fourth-order valence-electron chi connectivity index (χ4n) is 4.26. The number of carbonyl (C=O) groups excluding carboxylic acids is 1. The predicted molar refractivity (Wildman–Crippen MR) is 128 cm³/mol. The number of carbonyl (C=O) groups is 1. The highest BCUT2D eigenvalue weighted by Gasteiger charge is 2.52. The summed E-state index contributed by atoms with van der Waals surface area (Å²) in [6.45, 7) is 14.1. The third-order valence-electron chi connectivity index (χ3n) is 6.90. The standard InChI is InChI=1S/C24H33BFN3O5/c1-22(2,3)32-21(31)28-10-8-16(9-11-28)29-14-27-18-13-15(12-17(26)19(18)20(29)30)25-33-23(4,5)24(6,7)34-25/h12-14,16H,8-11H2,1-7H3. The molecule has 0 bridgehead atoms. The quantitative estimate of drug-likeness (QED) is 0.622. The lowest BCUT2D eigenvalue weighted by Crippen LogP contribution is -2.43. The number of hydrogen-bond acceptors (Lipinski definition) is 6. The summed E-state index contributed by atoms with van der Waals surface area (Å²) in [6.07, 6.45) is 2.21. The van der Waals surface area contributed by atoms with Crippen LogP contribution in [0.15, 0.2) is 23.3 Å². The summed E-state index contributed by atoms with van der Waals surface area (Å²) < 4.78 is 34.1. The lowest BCUT2D eigenvalue weighted by atomic mass is 9.78. The third kappa shape index (κ3) is 4.57. The molecule has 4 rings (SSSR count). The molecule has 0 unspecified atom stereocenters. The Labute approximate surface area is 199 Å². The van der Waals surface area contributed by atoms with E-state index in [9.17, 15) is 9.59 Å². The number of amides is 1. The van der Waals surface area contributed by atoms with Gasteiger partial charge < -0.3 is 18.9 Å². The Morgan fingerprint density at radius 3 is 2.29 bits per heavy atom. The second-order valence-corrected chi connectivity index (χ2v) is 11.1. The molecule has 0 saturated carbocycles. The van der Waals surface area contributed by atoms with Crippen molar-refractivity contribution in [3.05, 3.63) is 34.6 Å². The van der Waals surface area contributed by atoms with E-state index in [0.29, 0.717) is 31.4 Å². The molecule has 1 aromatic heterocycles. The minimum absolute atomic E-state index is 0.0580. The fourth-order valence-corrected chi connectivity index (χ4v) is 4.26. The van der Waals surface area contributed by atoms with Crippen molar-refractivity contribution in [1.82, 2.24) is 14.5 Å². The van der Waals surface area contributed by atoms with E-state index in [0.717, 1.165) is 0 Å². The van der Waals surface area contributed by atoms with Crippen LogP contribution >= 0.6 is 0 Å². The molecule has 10 heteroatoms. The third-order valence-corrected chi connectivity index (χ3v) is 6.90. The van der Waals surface area contributed by atoms with Gasteiger partial charge in [0.15, 0.2) is 0 Å². The predicted octanol–water partition coefficient (Wildman–Crippen LogP) is 3.41. The number of hydrogen-bond donors (Lipinski definition) is 0. The van der Waals surface area contributed by atoms with E-state index in [1.54, 1.807) is 11.0 Å². The van der Waals surface area contributed by atoms with Gasteiger partial charge in [0.1, 0.15) is 16.8 Å². The van der Waals surface area contributed by atoms with Crippen molar-refractivity contribution in [2.24, 2.45) is 0 Å². The van der Waals surface area contributed by atoms with E-state index in [4.69, 9.17) is 14.0 Å². The zero-order chi connectivity index (χ0) is 25.1. The molecule has 0 aliphatic carbocycles. The number of piperidine rings is 1. The van der Waals surface area contributed by atoms with Crippen LogP contribution < -0.4 is 11.0 Å². The molecule has 34 heavy (non-hydrogen) atoms. The first kappa shape index (κ1) is 24.7. The van der Waals surface area contributed by atoms with E-state index < -0.39 is 35.3 Å². The van der Waals surface area contributed by atoms with Gasteiger partial charge in [-0.3, -0.25) is 9.36 Å². The minimum Gasteiger partial charge on any atom is -0.444 e. The Bertz CT molecular complexity index is 1150. The zero-order valence-electron chi connectivity index (χ0n) is 21.0. The maximum absolute atomic E-state index is 15.2. The topological polar surface area (TPSA) is 82.9 Å². The number of aromatic nitrogens is 2. The Kier molecular flexibility index (Phi) is 6.05.